The van der Waals surface area contributed by atoms with E-state index >= 15 is 0 Å². The Balaban J connectivity index is 1.40. The van der Waals surface area contributed by atoms with Crippen LogP contribution in [0.15, 0.2) is 128 Å². The molecule has 0 bridgehead atoms. The van der Waals surface area contributed by atoms with E-state index in [1.165, 1.54) is 0 Å². The van der Waals surface area contributed by atoms with E-state index in [1.54, 1.807) is 6.20 Å². The summed E-state index contributed by atoms with van der Waals surface area (Å²) in [4.78, 5) is 11.1. The number of hydrogen-bond donors (Lipinski definition) is 0. The Morgan fingerprint density at radius 1 is 0.455 bits per heavy atom. The first-order chi connectivity index (χ1) is 16.4. The number of anilines is 3. The zero-order valence-electron chi connectivity index (χ0n) is 18.1. The molecular weight excluding hydrogens is 402 g/mol. The van der Waals surface area contributed by atoms with Crippen LogP contribution < -0.4 is 4.90 Å². The minimum absolute atomic E-state index is 0.870. The van der Waals surface area contributed by atoms with Crippen LogP contribution >= 0.6 is 0 Å². The number of nitrogens with zero attached hydrogens (tertiary/aromatic N) is 3. The Morgan fingerprint density at radius 3 is 1.67 bits per heavy atom. The molecule has 0 amide bonds. The number of benzene rings is 3. The monoisotopic (exact) mass is 425 g/mol. The van der Waals surface area contributed by atoms with Gasteiger partial charge in [-0.1, -0.05) is 66.7 Å². The van der Waals surface area contributed by atoms with Crippen molar-refractivity contribution in [2.45, 2.75) is 0 Å². The molecule has 0 spiro atoms. The molecule has 0 fully saturated rings. The number of hydrogen-bond acceptors (Lipinski definition) is 3. The fourth-order valence-electron chi connectivity index (χ4n) is 3.73. The molecule has 0 atom stereocenters. The van der Waals surface area contributed by atoms with E-state index in [2.05, 4.69) is 106 Å². The fraction of sp³-hybridized carbons (Fsp3) is 0. The molecule has 5 rings (SSSR count). The normalized spacial score (nSPS) is 10.9. The minimum atomic E-state index is 0.870. The molecule has 0 radical (unpaired) electrons. The van der Waals surface area contributed by atoms with E-state index in [4.69, 9.17) is 0 Å². The zero-order valence-corrected chi connectivity index (χ0v) is 18.1. The summed E-state index contributed by atoms with van der Waals surface area (Å²) in [6, 6.07) is 39.4. The van der Waals surface area contributed by atoms with Crippen molar-refractivity contribution in [2.24, 2.45) is 0 Å². The van der Waals surface area contributed by atoms with Crippen LogP contribution in [0.4, 0.5) is 17.1 Å². The molecule has 3 heteroatoms. The Hall–Kier alpha value is -4.50. The Bertz CT molecular complexity index is 1290. The van der Waals surface area contributed by atoms with Crippen molar-refractivity contribution in [1.82, 2.24) is 9.97 Å². The molecule has 0 aliphatic carbocycles. The van der Waals surface area contributed by atoms with Crippen molar-refractivity contribution >= 4 is 29.2 Å². The molecule has 2 aromatic heterocycles. The lowest BCUT2D eigenvalue weighted by molar-refractivity contribution is 1.24. The van der Waals surface area contributed by atoms with Gasteiger partial charge in [0.25, 0.3) is 0 Å². The van der Waals surface area contributed by atoms with E-state index in [9.17, 15) is 0 Å². The standard InChI is InChI=1S/C30H23N3/c1-3-9-26(10-4-1)33(27-11-5-2-6-12-27)28-18-16-24(17-19-28)14-15-25-20-22-32-30(23-25)29-13-7-8-21-31-29/h1-23H/b15-14+. The first-order valence-corrected chi connectivity index (χ1v) is 10.9. The lowest BCUT2D eigenvalue weighted by Gasteiger charge is -2.25. The van der Waals surface area contributed by atoms with Crippen LogP contribution in [0.5, 0.6) is 0 Å². The lowest BCUT2D eigenvalue weighted by Crippen LogP contribution is -2.09. The van der Waals surface area contributed by atoms with Crippen LogP contribution in [-0.2, 0) is 0 Å². The molecular formula is C30H23N3. The van der Waals surface area contributed by atoms with E-state index in [0.29, 0.717) is 0 Å². The van der Waals surface area contributed by atoms with Crippen molar-refractivity contribution in [3.63, 3.8) is 0 Å². The molecule has 0 aliphatic rings. The van der Waals surface area contributed by atoms with Gasteiger partial charge in [0.15, 0.2) is 0 Å². The van der Waals surface area contributed by atoms with Crippen molar-refractivity contribution < 1.29 is 0 Å². The van der Waals surface area contributed by atoms with Gasteiger partial charge in [0.1, 0.15) is 0 Å². The molecule has 0 saturated heterocycles. The van der Waals surface area contributed by atoms with E-state index in [-0.39, 0.29) is 0 Å². The van der Waals surface area contributed by atoms with Gasteiger partial charge in [0, 0.05) is 29.5 Å². The maximum Gasteiger partial charge on any atom is 0.0892 e. The van der Waals surface area contributed by atoms with Crippen LogP contribution in [0.2, 0.25) is 0 Å². The van der Waals surface area contributed by atoms with Crippen LogP contribution in [0.1, 0.15) is 11.1 Å². The van der Waals surface area contributed by atoms with Crippen molar-refractivity contribution in [3.8, 4) is 11.4 Å². The number of rotatable bonds is 6. The molecule has 2 heterocycles. The Kier molecular flexibility index (Phi) is 6.03. The van der Waals surface area contributed by atoms with Gasteiger partial charge in [-0.15, -0.1) is 0 Å². The summed E-state index contributed by atoms with van der Waals surface area (Å²) in [5.74, 6) is 0. The maximum atomic E-state index is 4.45. The molecule has 5 aromatic rings. The lowest BCUT2D eigenvalue weighted by atomic mass is 10.1. The van der Waals surface area contributed by atoms with Crippen molar-refractivity contribution in [2.75, 3.05) is 4.90 Å². The van der Waals surface area contributed by atoms with E-state index in [1.807, 2.05) is 42.6 Å². The Labute approximate surface area is 194 Å². The van der Waals surface area contributed by atoms with Gasteiger partial charge >= 0.3 is 0 Å². The molecule has 33 heavy (non-hydrogen) atoms. The predicted octanol–water partition coefficient (Wildman–Crippen LogP) is 7.78. The van der Waals surface area contributed by atoms with Crippen LogP contribution in [-0.4, -0.2) is 9.97 Å². The highest BCUT2D eigenvalue weighted by Gasteiger charge is 2.11. The van der Waals surface area contributed by atoms with Crippen LogP contribution in [0.25, 0.3) is 23.5 Å². The highest BCUT2D eigenvalue weighted by Crippen LogP contribution is 2.34. The second-order valence-corrected chi connectivity index (χ2v) is 7.62. The van der Waals surface area contributed by atoms with Gasteiger partial charge in [0.05, 0.1) is 11.4 Å². The molecule has 158 valence electrons. The third-order valence-electron chi connectivity index (χ3n) is 5.36. The maximum absolute atomic E-state index is 4.45. The summed E-state index contributed by atoms with van der Waals surface area (Å²) < 4.78 is 0. The van der Waals surface area contributed by atoms with Crippen LogP contribution in [0.3, 0.4) is 0 Å². The number of aromatic nitrogens is 2. The SMILES string of the molecule is C(=C\c1ccnc(-c2ccccn2)c1)/c1ccc(N(c2ccccc2)c2ccccc2)cc1. The van der Waals surface area contributed by atoms with E-state index < -0.39 is 0 Å². The van der Waals surface area contributed by atoms with Gasteiger partial charge in [-0.3, -0.25) is 9.97 Å². The van der Waals surface area contributed by atoms with Crippen molar-refractivity contribution in [1.29, 1.82) is 0 Å². The summed E-state index contributed by atoms with van der Waals surface area (Å²) in [6.07, 6.45) is 7.84. The predicted molar refractivity (Wildman–Crippen MR) is 138 cm³/mol. The third kappa shape index (κ3) is 4.89. The molecule has 0 saturated carbocycles. The average molecular weight is 426 g/mol. The summed E-state index contributed by atoms with van der Waals surface area (Å²) >= 11 is 0. The Morgan fingerprint density at radius 2 is 1.03 bits per heavy atom. The van der Waals surface area contributed by atoms with Gasteiger partial charge in [0.2, 0.25) is 0 Å². The van der Waals surface area contributed by atoms with Gasteiger partial charge in [-0.05, 0) is 71.8 Å². The van der Waals surface area contributed by atoms with Gasteiger partial charge in [-0.2, -0.15) is 0 Å². The van der Waals surface area contributed by atoms with E-state index in [0.717, 1.165) is 39.6 Å². The average Bonchev–Trinajstić information content (AvgIpc) is 2.90. The summed E-state index contributed by atoms with van der Waals surface area (Å²) in [5.41, 5.74) is 7.34. The summed E-state index contributed by atoms with van der Waals surface area (Å²) in [6.45, 7) is 0. The first-order valence-electron chi connectivity index (χ1n) is 10.9. The van der Waals surface area contributed by atoms with Gasteiger partial charge < -0.3 is 4.90 Å². The van der Waals surface area contributed by atoms with Crippen LogP contribution in [0, 0.1) is 0 Å². The topological polar surface area (TPSA) is 29.0 Å². The summed E-state index contributed by atoms with van der Waals surface area (Å²) in [5, 5.41) is 0. The first kappa shape index (κ1) is 20.4. The second kappa shape index (κ2) is 9.75. The quantitative estimate of drug-likeness (QED) is 0.278. The minimum Gasteiger partial charge on any atom is -0.311 e. The molecule has 0 aliphatic heterocycles. The number of para-hydroxylation sites is 2. The smallest absolute Gasteiger partial charge is 0.0892 e. The molecule has 0 N–H and O–H groups in total. The number of pyridine rings is 2. The molecule has 3 nitrogen and oxygen atoms in total. The van der Waals surface area contributed by atoms with Gasteiger partial charge in [-0.25, -0.2) is 0 Å². The third-order valence-corrected chi connectivity index (χ3v) is 5.36. The summed E-state index contributed by atoms with van der Waals surface area (Å²) in [7, 11) is 0. The highest BCUT2D eigenvalue weighted by atomic mass is 15.1. The molecule has 3 aromatic carbocycles. The zero-order chi connectivity index (χ0) is 22.3. The fourth-order valence-corrected chi connectivity index (χ4v) is 3.73. The largest absolute Gasteiger partial charge is 0.311 e. The second-order valence-electron chi connectivity index (χ2n) is 7.62. The van der Waals surface area contributed by atoms with Crippen molar-refractivity contribution in [3.05, 3.63) is 139 Å². The molecule has 0 unspecified atom stereocenters. The highest BCUT2D eigenvalue weighted by molar-refractivity contribution is 5.78.